The maximum atomic E-state index is 5.97. The van der Waals surface area contributed by atoms with Gasteiger partial charge in [0.05, 0.1) is 11.1 Å². The second-order valence-electron chi connectivity index (χ2n) is 4.49. The van der Waals surface area contributed by atoms with Crippen LogP contribution in [0.2, 0.25) is 5.02 Å². The maximum Gasteiger partial charge on any atom is 0.0590 e. The highest BCUT2D eigenvalue weighted by atomic mass is 79.9. The van der Waals surface area contributed by atoms with Crippen molar-refractivity contribution in [2.45, 2.75) is 37.8 Å². The van der Waals surface area contributed by atoms with Crippen LogP contribution in [0.15, 0.2) is 22.7 Å². The quantitative estimate of drug-likeness (QED) is 0.887. The summed E-state index contributed by atoms with van der Waals surface area (Å²) in [5, 5.41) is 4.29. The van der Waals surface area contributed by atoms with Crippen LogP contribution in [-0.4, -0.2) is 19.3 Å². The minimum absolute atomic E-state index is 0.400. The number of nitrogens with one attached hydrogen (secondary N) is 1. The molecule has 0 bridgehead atoms. The first-order chi connectivity index (χ1) is 8.19. The average Bonchev–Trinajstić information content (AvgIpc) is 2.34. The number of hydrogen-bond donors (Lipinski definition) is 1. The van der Waals surface area contributed by atoms with Gasteiger partial charge in [-0.25, -0.2) is 0 Å². The van der Waals surface area contributed by atoms with Crippen LogP contribution in [0.5, 0.6) is 0 Å². The zero-order chi connectivity index (χ0) is 12.3. The highest BCUT2D eigenvalue weighted by Crippen LogP contribution is 2.28. The second kappa shape index (κ2) is 6.07. The van der Waals surface area contributed by atoms with Crippen molar-refractivity contribution in [3.05, 3.63) is 27.7 Å². The molecule has 0 amide bonds. The molecule has 1 aromatic carbocycles. The van der Waals surface area contributed by atoms with Crippen LogP contribution in [0.4, 0.5) is 5.69 Å². The summed E-state index contributed by atoms with van der Waals surface area (Å²) >= 11 is 9.41. The third kappa shape index (κ3) is 3.60. The van der Waals surface area contributed by atoms with Gasteiger partial charge in [-0.15, -0.1) is 0 Å². The first kappa shape index (κ1) is 13.2. The number of hydrogen-bond acceptors (Lipinski definition) is 2. The van der Waals surface area contributed by atoms with Crippen LogP contribution in [0.1, 0.15) is 25.7 Å². The van der Waals surface area contributed by atoms with Gasteiger partial charge >= 0.3 is 0 Å². The molecule has 1 aromatic rings. The van der Waals surface area contributed by atoms with Gasteiger partial charge in [0.2, 0.25) is 0 Å². The molecule has 1 aliphatic rings. The van der Waals surface area contributed by atoms with Gasteiger partial charge in [0.1, 0.15) is 0 Å². The Hall–Kier alpha value is -0.250. The van der Waals surface area contributed by atoms with E-state index in [0.717, 1.165) is 21.6 Å². The van der Waals surface area contributed by atoms with Gasteiger partial charge < -0.3 is 10.1 Å². The van der Waals surface area contributed by atoms with E-state index in [9.17, 15) is 0 Å². The number of anilines is 1. The van der Waals surface area contributed by atoms with Crippen LogP contribution < -0.4 is 5.32 Å². The molecule has 2 nitrogen and oxygen atoms in total. The standard InChI is InChI=1S/C13H17BrClNO/c1-17-11-4-2-3-9(7-11)16-10-5-6-13(15)12(14)8-10/h5-6,8-9,11,16H,2-4,7H2,1H3. The van der Waals surface area contributed by atoms with E-state index in [1.165, 1.54) is 19.3 Å². The fourth-order valence-electron chi connectivity index (χ4n) is 2.31. The normalized spacial score (nSPS) is 24.6. The Morgan fingerprint density at radius 2 is 2.24 bits per heavy atom. The van der Waals surface area contributed by atoms with Crippen LogP contribution in [0, 0.1) is 0 Å². The Bertz CT molecular complexity index is 386. The summed E-state index contributed by atoms with van der Waals surface area (Å²) in [4.78, 5) is 0. The van der Waals surface area contributed by atoms with E-state index in [2.05, 4.69) is 21.2 Å². The lowest BCUT2D eigenvalue weighted by atomic mass is 9.92. The summed E-state index contributed by atoms with van der Waals surface area (Å²) in [6.07, 6.45) is 5.10. The topological polar surface area (TPSA) is 21.3 Å². The zero-order valence-electron chi connectivity index (χ0n) is 9.88. The van der Waals surface area contributed by atoms with Crippen molar-refractivity contribution in [1.29, 1.82) is 0 Å². The van der Waals surface area contributed by atoms with Crippen LogP contribution in [-0.2, 0) is 4.74 Å². The summed E-state index contributed by atoms with van der Waals surface area (Å²) in [7, 11) is 1.80. The van der Waals surface area contributed by atoms with E-state index in [0.29, 0.717) is 12.1 Å². The van der Waals surface area contributed by atoms with Crippen LogP contribution >= 0.6 is 27.5 Å². The molecule has 2 atom stereocenters. The average molecular weight is 319 g/mol. The maximum absolute atomic E-state index is 5.97. The van der Waals surface area contributed by atoms with Crippen LogP contribution in [0.3, 0.4) is 0 Å². The SMILES string of the molecule is COC1CCCC(Nc2ccc(Cl)c(Br)c2)C1. The molecule has 2 unspecified atom stereocenters. The molecule has 0 aliphatic heterocycles. The Morgan fingerprint density at radius 1 is 1.41 bits per heavy atom. The highest BCUT2D eigenvalue weighted by Gasteiger charge is 2.21. The zero-order valence-corrected chi connectivity index (χ0v) is 12.2. The summed E-state index contributed by atoms with van der Waals surface area (Å²) in [5.74, 6) is 0. The number of rotatable bonds is 3. The van der Waals surface area contributed by atoms with Gasteiger partial charge in [-0.05, 0) is 59.8 Å². The Labute approximate surface area is 116 Å². The summed E-state index contributed by atoms with van der Waals surface area (Å²) in [6, 6.07) is 6.45. The van der Waals surface area contributed by atoms with Crippen molar-refractivity contribution >= 4 is 33.2 Å². The molecule has 2 rings (SSSR count). The second-order valence-corrected chi connectivity index (χ2v) is 5.76. The smallest absolute Gasteiger partial charge is 0.0590 e. The van der Waals surface area contributed by atoms with Crippen molar-refractivity contribution in [2.24, 2.45) is 0 Å². The number of methoxy groups -OCH3 is 1. The predicted octanol–water partition coefficient (Wildman–Crippen LogP) is 4.47. The lowest BCUT2D eigenvalue weighted by Crippen LogP contribution is -2.30. The lowest BCUT2D eigenvalue weighted by molar-refractivity contribution is 0.0669. The third-order valence-electron chi connectivity index (χ3n) is 3.25. The number of halogens is 2. The van der Waals surface area contributed by atoms with E-state index in [1.54, 1.807) is 7.11 Å². The van der Waals surface area contributed by atoms with E-state index >= 15 is 0 Å². The first-order valence-corrected chi connectivity index (χ1v) is 7.10. The molecule has 94 valence electrons. The van der Waals surface area contributed by atoms with Crippen molar-refractivity contribution in [3.8, 4) is 0 Å². The fourth-order valence-corrected chi connectivity index (χ4v) is 2.81. The molecule has 1 N–H and O–H groups in total. The molecule has 17 heavy (non-hydrogen) atoms. The van der Waals surface area contributed by atoms with E-state index in [-0.39, 0.29) is 0 Å². The molecule has 0 radical (unpaired) electrons. The molecule has 0 heterocycles. The largest absolute Gasteiger partial charge is 0.382 e. The molecule has 0 spiro atoms. The summed E-state index contributed by atoms with van der Waals surface area (Å²) in [6.45, 7) is 0. The molecular weight excluding hydrogens is 302 g/mol. The predicted molar refractivity (Wildman–Crippen MR) is 75.8 cm³/mol. The lowest BCUT2D eigenvalue weighted by Gasteiger charge is -2.29. The summed E-state index contributed by atoms with van der Waals surface area (Å²) < 4.78 is 6.37. The van der Waals surface area contributed by atoms with Gasteiger partial charge in [0.15, 0.2) is 0 Å². The molecule has 4 heteroatoms. The van der Waals surface area contributed by atoms with Crippen LogP contribution in [0.25, 0.3) is 0 Å². The Balaban J connectivity index is 1.97. The molecule has 1 fully saturated rings. The number of benzene rings is 1. The van der Waals surface area contributed by atoms with E-state index in [4.69, 9.17) is 16.3 Å². The van der Waals surface area contributed by atoms with Crippen molar-refractivity contribution < 1.29 is 4.74 Å². The molecule has 1 saturated carbocycles. The monoisotopic (exact) mass is 317 g/mol. The van der Waals surface area contributed by atoms with Crippen molar-refractivity contribution in [1.82, 2.24) is 0 Å². The van der Waals surface area contributed by atoms with E-state index in [1.807, 2.05) is 18.2 Å². The van der Waals surface area contributed by atoms with Gasteiger partial charge in [0, 0.05) is 23.3 Å². The Morgan fingerprint density at radius 3 is 2.94 bits per heavy atom. The molecular formula is C13H17BrClNO. The number of ether oxygens (including phenoxy) is 1. The first-order valence-electron chi connectivity index (χ1n) is 5.93. The van der Waals surface area contributed by atoms with Crippen molar-refractivity contribution in [3.63, 3.8) is 0 Å². The highest BCUT2D eigenvalue weighted by molar-refractivity contribution is 9.10. The third-order valence-corrected chi connectivity index (χ3v) is 4.46. The molecule has 0 aromatic heterocycles. The van der Waals surface area contributed by atoms with E-state index < -0.39 is 0 Å². The molecule has 1 aliphatic carbocycles. The minimum atomic E-state index is 0.400. The van der Waals surface area contributed by atoms with Gasteiger partial charge in [-0.3, -0.25) is 0 Å². The summed E-state index contributed by atoms with van der Waals surface area (Å²) in [5.41, 5.74) is 1.11. The Kier molecular flexibility index (Phi) is 4.71. The van der Waals surface area contributed by atoms with Gasteiger partial charge in [-0.1, -0.05) is 11.6 Å². The van der Waals surface area contributed by atoms with Gasteiger partial charge in [0.25, 0.3) is 0 Å². The van der Waals surface area contributed by atoms with Crippen molar-refractivity contribution in [2.75, 3.05) is 12.4 Å². The molecule has 0 saturated heterocycles. The minimum Gasteiger partial charge on any atom is -0.382 e. The van der Waals surface area contributed by atoms with Gasteiger partial charge in [-0.2, -0.15) is 0 Å². The fraction of sp³-hybridized carbons (Fsp3) is 0.538.